The van der Waals surface area contributed by atoms with E-state index in [2.05, 4.69) is 226 Å². The lowest BCUT2D eigenvalue weighted by Gasteiger charge is -2.29. The Morgan fingerprint density at radius 3 is 1.58 bits per heavy atom. The van der Waals surface area contributed by atoms with Gasteiger partial charge in [-0.1, -0.05) is 178 Å². The SMILES string of the molecule is C=CC1=C(/C(=C\C)c2ccc(N(c3ccc(-c4ccccc4)cc3)c3ccc(-c4ccccc4)cc3-c3ccccc3)cc2)c2ccccc2C1(C)C. The third kappa shape index (κ3) is 6.26. The molecule has 0 spiro atoms. The van der Waals surface area contributed by atoms with Gasteiger partial charge in [0.05, 0.1) is 5.69 Å². The van der Waals surface area contributed by atoms with Crippen molar-refractivity contribution < 1.29 is 0 Å². The Balaban J connectivity index is 1.27. The molecule has 0 saturated heterocycles. The normalized spacial score (nSPS) is 13.5. The number of benzene rings is 7. The molecule has 0 aromatic heterocycles. The van der Waals surface area contributed by atoms with Crippen LogP contribution in [-0.4, -0.2) is 0 Å². The molecule has 0 radical (unpaired) electrons. The Morgan fingerprint density at radius 2 is 1.00 bits per heavy atom. The molecule has 0 heterocycles. The summed E-state index contributed by atoms with van der Waals surface area (Å²) in [6.07, 6.45) is 4.31. The number of anilines is 3. The maximum atomic E-state index is 4.28. The third-order valence-electron chi connectivity index (χ3n) is 10.7. The highest BCUT2D eigenvalue weighted by Gasteiger charge is 2.37. The Labute approximate surface area is 314 Å². The van der Waals surface area contributed by atoms with Gasteiger partial charge in [0.25, 0.3) is 0 Å². The van der Waals surface area contributed by atoms with Crippen LogP contribution in [0.5, 0.6) is 0 Å². The van der Waals surface area contributed by atoms with E-state index in [0.29, 0.717) is 0 Å². The minimum absolute atomic E-state index is 0.121. The van der Waals surface area contributed by atoms with Gasteiger partial charge >= 0.3 is 0 Å². The first-order chi connectivity index (χ1) is 26.0. The van der Waals surface area contributed by atoms with Crippen LogP contribution in [0.3, 0.4) is 0 Å². The van der Waals surface area contributed by atoms with Gasteiger partial charge < -0.3 is 4.90 Å². The van der Waals surface area contributed by atoms with Crippen LogP contribution in [0, 0.1) is 0 Å². The molecule has 1 nitrogen and oxygen atoms in total. The molecular formula is C52H43N. The Bertz CT molecular complexity index is 2450. The van der Waals surface area contributed by atoms with Gasteiger partial charge in [0, 0.05) is 22.4 Å². The number of rotatable bonds is 9. The summed E-state index contributed by atoms with van der Waals surface area (Å²) in [5.74, 6) is 0. The van der Waals surface area contributed by atoms with Crippen molar-refractivity contribution >= 4 is 28.2 Å². The fourth-order valence-electron chi connectivity index (χ4n) is 7.99. The molecule has 1 heteroatoms. The Kier molecular flexibility index (Phi) is 9.08. The summed E-state index contributed by atoms with van der Waals surface area (Å²) in [5, 5.41) is 0. The van der Waals surface area contributed by atoms with E-state index in [0.717, 1.165) is 17.1 Å². The summed E-state index contributed by atoms with van der Waals surface area (Å²) in [6, 6.07) is 65.6. The van der Waals surface area contributed by atoms with Gasteiger partial charge in [-0.15, -0.1) is 0 Å². The molecule has 53 heavy (non-hydrogen) atoms. The second-order valence-corrected chi connectivity index (χ2v) is 14.1. The van der Waals surface area contributed by atoms with Crippen molar-refractivity contribution in [2.24, 2.45) is 0 Å². The second-order valence-electron chi connectivity index (χ2n) is 14.1. The fourth-order valence-corrected chi connectivity index (χ4v) is 7.99. The first kappa shape index (κ1) is 33.7. The number of fused-ring (bicyclic) bond motifs is 1. The van der Waals surface area contributed by atoms with Crippen LogP contribution < -0.4 is 4.90 Å². The molecule has 0 N–H and O–H groups in total. The molecular weight excluding hydrogens is 639 g/mol. The van der Waals surface area contributed by atoms with Crippen molar-refractivity contribution in [3.05, 3.63) is 223 Å². The molecule has 7 aromatic rings. The minimum atomic E-state index is -0.121. The second kappa shape index (κ2) is 14.3. The average Bonchev–Trinajstić information content (AvgIpc) is 3.45. The lowest BCUT2D eigenvalue weighted by molar-refractivity contribution is 0.654. The summed E-state index contributed by atoms with van der Waals surface area (Å²) in [6.45, 7) is 11.0. The molecule has 1 aliphatic carbocycles. The molecule has 0 unspecified atom stereocenters. The number of nitrogens with zero attached hydrogens (tertiary/aromatic N) is 1. The van der Waals surface area contributed by atoms with Crippen molar-refractivity contribution in [3.63, 3.8) is 0 Å². The molecule has 8 rings (SSSR count). The lowest BCUT2D eigenvalue weighted by Crippen LogP contribution is -2.15. The summed E-state index contributed by atoms with van der Waals surface area (Å²) in [5.41, 5.74) is 17.9. The van der Waals surface area contributed by atoms with Gasteiger partial charge in [-0.05, 0) is 105 Å². The van der Waals surface area contributed by atoms with Crippen molar-refractivity contribution in [2.75, 3.05) is 4.90 Å². The molecule has 0 aliphatic heterocycles. The van der Waals surface area contributed by atoms with E-state index in [1.807, 2.05) is 0 Å². The molecule has 256 valence electrons. The zero-order valence-electron chi connectivity index (χ0n) is 30.6. The van der Waals surface area contributed by atoms with E-state index in [1.54, 1.807) is 0 Å². The van der Waals surface area contributed by atoms with Crippen LogP contribution in [0.2, 0.25) is 0 Å². The van der Waals surface area contributed by atoms with Crippen molar-refractivity contribution in [1.29, 1.82) is 0 Å². The van der Waals surface area contributed by atoms with Crippen LogP contribution in [0.4, 0.5) is 17.1 Å². The van der Waals surface area contributed by atoms with Gasteiger partial charge in [0.2, 0.25) is 0 Å². The van der Waals surface area contributed by atoms with Crippen molar-refractivity contribution in [2.45, 2.75) is 26.2 Å². The smallest absolute Gasteiger partial charge is 0.0540 e. The highest BCUT2D eigenvalue weighted by Crippen LogP contribution is 2.51. The zero-order valence-corrected chi connectivity index (χ0v) is 30.6. The molecule has 7 aromatic carbocycles. The van der Waals surface area contributed by atoms with E-state index in [-0.39, 0.29) is 5.41 Å². The van der Waals surface area contributed by atoms with E-state index < -0.39 is 0 Å². The Morgan fingerprint density at radius 1 is 0.509 bits per heavy atom. The van der Waals surface area contributed by atoms with Gasteiger partial charge in [0.15, 0.2) is 0 Å². The summed E-state index contributed by atoms with van der Waals surface area (Å²) in [4.78, 5) is 2.40. The number of allylic oxidation sites excluding steroid dienone is 5. The predicted molar refractivity (Wildman–Crippen MR) is 228 cm³/mol. The third-order valence-corrected chi connectivity index (χ3v) is 10.7. The van der Waals surface area contributed by atoms with Gasteiger partial charge in [-0.2, -0.15) is 0 Å². The summed E-state index contributed by atoms with van der Waals surface area (Å²) < 4.78 is 0. The topological polar surface area (TPSA) is 3.24 Å². The van der Waals surface area contributed by atoms with E-state index >= 15 is 0 Å². The summed E-state index contributed by atoms with van der Waals surface area (Å²) in [7, 11) is 0. The molecule has 0 amide bonds. The fraction of sp³-hybridized carbons (Fsp3) is 0.0769. The zero-order chi connectivity index (χ0) is 36.4. The average molecular weight is 682 g/mol. The highest BCUT2D eigenvalue weighted by atomic mass is 15.1. The Hall–Kier alpha value is -6.44. The van der Waals surface area contributed by atoms with Crippen molar-refractivity contribution in [3.8, 4) is 33.4 Å². The molecule has 0 fully saturated rings. The summed E-state index contributed by atoms with van der Waals surface area (Å²) >= 11 is 0. The van der Waals surface area contributed by atoms with Crippen LogP contribution >= 0.6 is 0 Å². The first-order valence-corrected chi connectivity index (χ1v) is 18.4. The monoisotopic (exact) mass is 681 g/mol. The first-order valence-electron chi connectivity index (χ1n) is 18.4. The minimum Gasteiger partial charge on any atom is -0.310 e. The number of hydrogen-bond donors (Lipinski definition) is 0. The maximum Gasteiger partial charge on any atom is 0.0540 e. The van der Waals surface area contributed by atoms with Gasteiger partial charge in [-0.3, -0.25) is 0 Å². The molecule has 0 bridgehead atoms. The van der Waals surface area contributed by atoms with Crippen molar-refractivity contribution in [1.82, 2.24) is 0 Å². The largest absolute Gasteiger partial charge is 0.310 e. The predicted octanol–water partition coefficient (Wildman–Crippen LogP) is 14.5. The lowest BCUT2D eigenvalue weighted by atomic mass is 9.81. The van der Waals surface area contributed by atoms with E-state index in [4.69, 9.17) is 0 Å². The van der Waals surface area contributed by atoms with Crippen LogP contribution in [0.1, 0.15) is 37.5 Å². The van der Waals surface area contributed by atoms with Crippen LogP contribution in [0.15, 0.2) is 206 Å². The molecule has 1 aliphatic rings. The van der Waals surface area contributed by atoms with Gasteiger partial charge in [0.1, 0.15) is 0 Å². The molecule has 0 saturated carbocycles. The van der Waals surface area contributed by atoms with E-state index in [1.165, 1.54) is 66.8 Å². The molecule has 0 atom stereocenters. The maximum absolute atomic E-state index is 4.28. The van der Waals surface area contributed by atoms with E-state index in [9.17, 15) is 0 Å². The highest BCUT2D eigenvalue weighted by molar-refractivity contribution is 6.10. The standard InChI is InChI=1S/C52H43N/c1-5-45(51-46-24-16-17-25-49(46)52(3,4)48(51)6-2)41-28-33-44(34-29-41)53(43-31-26-39(27-32-43)37-18-10-7-11-19-37)50-35-30-42(38-20-12-8-13-21-38)36-47(50)40-22-14-9-15-23-40/h5-36H,2H2,1,3-4H3/b45-5-. The van der Waals surface area contributed by atoms with Gasteiger partial charge in [-0.25, -0.2) is 0 Å². The van der Waals surface area contributed by atoms with Crippen LogP contribution in [0.25, 0.3) is 44.5 Å². The van der Waals surface area contributed by atoms with Crippen LogP contribution in [-0.2, 0) is 5.41 Å². The quantitative estimate of drug-likeness (QED) is 0.147. The number of hydrogen-bond acceptors (Lipinski definition) is 1.